The van der Waals surface area contributed by atoms with Gasteiger partial charge in [-0.3, -0.25) is 0 Å². The van der Waals surface area contributed by atoms with Crippen LogP contribution in [0.15, 0.2) is 35.4 Å². The Labute approximate surface area is 269 Å². The van der Waals surface area contributed by atoms with E-state index in [1.54, 1.807) is 64.0 Å². The van der Waals surface area contributed by atoms with Crippen LogP contribution in [0.4, 0.5) is 0 Å². The topological polar surface area (TPSA) is 0 Å². The van der Waals surface area contributed by atoms with Crippen molar-refractivity contribution in [2.75, 3.05) is 0 Å². The summed E-state index contributed by atoms with van der Waals surface area (Å²) in [6.45, 7) is 29.2. The van der Waals surface area contributed by atoms with Gasteiger partial charge in [-0.2, -0.15) is 0 Å². The molecule has 0 aromatic heterocycles. The van der Waals surface area contributed by atoms with Gasteiger partial charge in [0.1, 0.15) is 0 Å². The third-order valence-electron chi connectivity index (χ3n) is 10.4. The molecule has 0 radical (unpaired) electrons. The van der Waals surface area contributed by atoms with Crippen molar-refractivity contribution in [2.45, 2.75) is 122 Å². The van der Waals surface area contributed by atoms with Crippen LogP contribution >= 0.6 is 0 Å². The van der Waals surface area contributed by atoms with Gasteiger partial charge in [-0.05, 0) is 0 Å². The standard InChI is InChI=1S/2C18H25.C2H4.2ClH.Hf/c2*1-11(2)14-9-17-15(12(3)4)7-8-16(13(5)6)18(17)10-14;1-2;;;/h2*7-13H,1-6H3;1-2H2;2*1H;/q;;;;;+2/p-2. The van der Waals surface area contributed by atoms with Crippen LogP contribution in [-0.4, -0.2) is 0 Å². The van der Waals surface area contributed by atoms with Crippen LogP contribution in [-0.2, 0) is 20.0 Å². The van der Waals surface area contributed by atoms with Crippen molar-refractivity contribution in [3.8, 4) is 0 Å². The number of rotatable bonds is 8. The summed E-state index contributed by atoms with van der Waals surface area (Å²) in [4.78, 5) is 0. The molecule has 1 heterocycles. The van der Waals surface area contributed by atoms with Gasteiger partial charge in [0.2, 0.25) is 0 Å². The molecule has 0 amide bonds. The molecule has 0 nitrogen and oxygen atoms in total. The van der Waals surface area contributed by atoms with Crippen LogP contribution in [0.25, 0.3) is 12.2 Å². The van der Waals surface area contributed by atoms with Crippen LogP contribution in [0.2, 0.25) is 8.35 Å². The number of allylic oxidation sites excluding steroid dienone is 2. The third-order valence-corrected chi connectivity index (χ3v) is 29.0. The molecular formula is C38H54Cl2Hf. The molecule has 2 unspecified atom stereocenters. The second kappa shape index (κ2) is 12.8. The van der Waals surface area contributed by atoms with Crippen molar-refractivity contribution in [3.63, 3.8) is 0 Å². The zero-order chi connectivity index (χ0) is 28.5. The molecule has 0 spiro atoms. The minimum Gasteiger partial charge on any atom is -1.00 e. The number of benzene rings is 2. The fourth-order valence-corrected chi connectivity index (χ4v) is 37.4. The molecule has 2 atom stereocenters. The molecule has 0 saturated carbocycles. The summed E-state index contributed by atoms with van der Waals surface area (Å²) >= 11 is -2.96. The van der Waals surface area contributed by atoms with E-state index >= 15 is 0 Å². The first-order valence-corrected chi connectivity index (χ1v) is 25.3. The van der Waals surface area contributed by atoms with E-state index in [4.69, 9.17) is 0 Å². The summed E-state index contributed by atoms with van der Waals surface area (Å²) in [5.41, 5.74) is 16.9. The predicted molar refractivity (Wildman–Crippen MR) is 170 cm³/mol. The van der Waals surface area contributed by atoms with Gasteiger partial charge in [0.05, 0.1) is 0 Å². The average Bonchev–Trinajstić information content (AvgIpc) is 3.36. The number of halogens is 2. The maximum Gasteiger partial charge on any atom is -1.00 e. The largest absolute Gasteiger partial charge is 1.00 e. The average molecular weight is 760 g/mol. The van der Waals surface area contributed by atoms with Gasteiger partial charge >= 0.3 is 246 Å². The summed E-state index contributed by atoms with van der Waals surface area (Å²) in [5.74, 6) is 3.49. The van der Waals surface area contributed by atoms with Crippen molar-refractivity contribution in [3.05, 3.63) is 79.9 Å². The van der Waals surface area contributed by atoms with E-state index in [-0.39, 0.29) is 24.8 Å². The van der Waals surface area contributed by atoms with Crippen molar-refractivity contribution in [1.82, 2.24) is 0 Å². The summed E-state index contributed by atoms with van der Waals surface area (Å²) in [5, 5.41) is 0. The summed E-state index contributed by atoms with van der Waals surface area (Å²) in [6, 6.07) is 10.0. The monoisotopic (exact) mass is 760 g/mol. The fraction of sp³-hybridized carbons (Fsp3) is 0.579. The molecule has 5 rings (SSSR count). The van der Waals surface area contributed by atoms with Gasteiger partial charge in [-0.15, -0.1) is 0 Å². The van der Waals surface area contributed by atoms with E-state index in [0.29, 0.717) is 35.5 Å². The van der Waals surface area contributed by atoms with Crippen LogP contribution < -0.4 is 24.8 Å². The van der Waals surface area contributed by atoms with Gasteiger partial charge in [-0.1, -0.05) is 0 Å². The first-order chi connectivity index (χ1) is 18.3. The first-order valence-electron chi connectivity index (χ1n) is 16.1. The molecule has 2 aliphatic carbocycles. The minimum atomic E-state index is -2.96. The Hall–Kier alpha value is -0.630. The molecule has 3 aliphatic rings. The third kappa shape index (κ3) is 5.68. The molecule has 3 heteroatoms. The normalized spacial score (nSPS) is 19.7. The Kier molecular flexibility index (Phi) is 10.9. The van der Waals surface area contributed by atoms with Crippen LogP contribution in [0.3, 0.4) is 0 Å². The zero-order valence-electron chi connectivity index (χ0n) is 27.8. The number of hydrogen-bond donors (Lipinski definition) is 0. The van der Waals surface area contributed by atoms with Gasteiger partial charge in [0.15, 0.2) is 0 Å². The van der Waals surface area contributed by atoms with Crippen molar-refractivity contribution < 1.29 is 44.8 Å². The maximum absolute atomic E-state index is 2.96. The smallest absolute Gasteiger partial charge is 1.00 e. The van der Waals surface area contributed by atoms with Gasteiger partial charge in [0.25, 0.3) is 0 Å². The van der Waals surface area contributed by atoms with Crippen LogP contribution in [0, 0.1) is 11.8 Å². The molecule has 41 heavy (non-hydrogen) atoms. The molecule has 1 aliphatic heterocycles. The van der Waals surface area contributed by atoms with Gasteiger partial charge in [-0.25, -0.2) is 0 Å². The molecule has 1 fully saturated rings. The van der Waals surface area contributed by atoms with Crippen molar-refractivity contribution >= 4 is 12.2 Å². The van der Waals surface area contributed by atoms with E-state index in [1.807, 2.05) is 0 Å². The minimum absolute atomic E-state index is 0. The molecule has 2 aromatic carbocycles. The Morgan fingerprint density at radius 3 is 1.00 bits per heavy atom. The fourth-order valence-electron chi connectivity index (χ4n) is 8.28. The van der Waals surface area contributed by atoms with E-state index in [2.05, 4.69) is 120 Å². The van der Waals surface area contributed by atoms with Crippen LogP contribution in [0.1, 0.15) is 159 Å². The SMILES string of the molecule is CC(C)C1=Cc2c(C(C)C)ccc(C(C)C)c2[CH]1[Hf+2]1([CH]2C(C(C)C)=Cc3c(C(C)C)ccc(C(C)C)c32)[CH2][CH2]1.[Cl-].[Cl-]. The van der Waals surface area contributed by atoms with E-state index in [0.717, 1.165) is 7.35 Å². The van der Waals surface area contributed by atoms with Gasteiger partial charge in [0, 0.05) is 0 Å². The quantitative estimate of drug-likeness (QED) is 0.287. The van der Waals surface area contributed by atoms with Crippen molar-refractivity contribution in [2.24, 2.45) is 11.8 Å². The summed E-state index contributed by atoms with van der Waals surface area (Å²) < 4.78 is 4.60. The van der Waals surface area contributed by atoms with E-state index in [1.165, 1.54) is 0 Å². The van der Waals surface area contributed by atoms with E-state index in [9.17, 15) is 0 Å². The number of fused-ring (bicyclic) bond motifs is 2. The van der Waals surface area contributed by atoms with Gasteiger partial charge < -0.3 is 24.8 Å². The van der Waals surface area contributed by atoms with Crippen LogP contribution in [0.5, 0.6) is 0 Å². The Balaban J connectivity index is 0.00000231. The Morgan fingerprint density at radius 1 is 0.463 bits per heavy atom. The molecule has 1 saturated heterocycles. The zero-order valence-corrected chi connectivity index (χ0v) is 32.9. The molecule has 224 valence electrons. The molecule has 2 aromatic rings. The first kappa shape index (κ1) is 34.9. The van der Waals surface area contributed by atoms with Crippen molar-refractivity contribution in [1.29, 1.82) is 0 Å². The Bertz CT molecular complexity index is 1240. The van der Waals surface area contributed by atoms with E-state index < -0.39 is 20.0 Å². The summed E-state index contributed by atoms with van der Waals surface area (Å²) in [7, 11) is 0. The second-order valence-electron chi connectivity index (χ2n) is 15.0. The maximum atomic E-state index is 2.72. The second-order valence-corrected chi connectivity index (χ2v) is 31.6. The Morgan fingerprint density at radius 2 is 0.756 bits per heavy atom. The summed E-state index contributed by atoms with van der Waals surface area (Å²) in [6.07, 6.45) is 5.43. The molecule has 0 N–H and O–H groups in total. The predicted octanol–water partition coefficient (Wildman–Crippen LogP) is 6.08. The number of hydrogen-bond acceptors (Lipinski definition) is 0. The molecular weight excluding hydrogens is 706 g/mol. The molecule has 0 bridgehead atoms.